The summed E-state index contributed by atoms with van der Waals surface area (Å²) in [5, 5.41) is 12.9. The van der Waals surface area contributed by atoms with Crippen molar-refractivity contribution in [2.75, 3.05) is 11.9 Å². The van der Waals surface area contributed by atoms with Gasteiger partial charge in [0.2, 0.25) is 0 Å². The van der Waals surface area contributed by atoms with E-state index in [0.717, 1.165) is 12.1 Å². The first kappa shape index (κ1) is 15.7. The fraction of sp³-hybridized carbons (Fsp3) is 0.200. The second-order valence-electron chi connectivity index (χ2n) is 4.50. The molecule has 2 aromatic rings. The SMILES string of the molecule is OC(CNc1cc(C(F)(F)F)ccc1Cl)c1ccccc1. The molecule has 2 N–H and O–H groups in total. The third kappa shape index (κ3) is 4.12. The summed E-state index contributed by atoms with van der Waals surface area (Å²) in [6, 6.07) is 11.9. The average molecular weight is 316 g/mol. The Kier molecular flexibility index (Phi) is 4.75. The van der Waals surface area contributed by atoms with Crippen LogP contribution in [0.25, 0.3) is 0 Å². The number of anilines is 1. The Morgan fingerprint density at radius 2 is 1.76 bits per heavy atom. The van der Waals surface area contributed by atoms with Gasteiger partial charge in [0.15, 0.2) is 0 Å². The molecule has 0 saturated heterocycles. The van der Waals surface area contributed by atoms with Crippen molar-refractivity contribution in [3.63, 3.8) is 0 Å². The summed E-state index contributed by atoms with van der Waals surface area (Å²) in [5.41, 5.74) is 0.0261. The number of aliphatic hydroxyl groups is 1. The lowest BCUT2D eigenvalue weighted by Gasteiger charge is -2.15. The van der Waals surface area contributed by atoms with Crippen molar-refractivity contribution < 1.29 is 18.3 Å². The second kappa shape index (κ2) is 6.37. The lowest BCUT2D eigenvalue weighted by Crippen LogP contribution is -2.13. The van der Waals surface area contributed by atoms with Crippen molar-refractivity contribution in [3.05, 3.63) is 64.7 Å². The molecule has 2 aromatic carbocycles. The van der Waals surface area contributed by atoms with E-state index < -0.39 is 17.8 Å². The minimum atomic E-state index is -4.43. The number of hydrogen-bond donors (Lipinski definition) is 2. The lowest BCUT2D eigenvalue weighted by molar-refractivity contribution is -0.137. The second-order valence-corrected chi connectivity index (χ2v) is 4.91. The standard InChI is InChI=1S/C15H13ClF3NO/c16-12-7-6-11(15(17,18)19)8-13(12)20-9-14(21)10-4-2-1-3-5-10/h1-8,14,20-21H,9H2. The van der Waals surface area contributed by atoms with E-state index in [1.165, 1.54) is 6.07 Å². The molecule has 21 heavy (non-hydrogen) atoms. The van der Waals surface area contributed by atoms with Gasteiger partial charge in [0.25, 0.3) is 0 Å². The number of aliphatic hydroxyl groups excluding tert-OH is 1. The number of halogens is 4. The summed E-state index contributed by atoms with van der Waals surface area (Å²) in [5.74, 6) is 0. The number of alkyl halides is 3. The van der Waals surface area contributed by atoms with Crippen LogP contribution < -0.4 is 5.32 Å². The molecule has 1 atom stereocenters. The summed E-state index contributed by atoms with van der Waals surface area (Å²) < 4.78 is 37.9. The Morgan fingerprint density at radius 1 is 1.10 bits per heavy atom. The van der Waals surface area contributed by atoms with Gasteiger partial charge in [-0.2, -0.15) is 13.2 Å². The van der Waals surface area contributed by atoms with Gasteiger partial charge in [-0.3, -0.25) is 0 Å². The van der Waals surface area contributed by atoms with Crippen LogP contribution >= 0.6 is 11.6 Å². The number of nitrogens with one attached hydrogen (secondary N) is 1. The first-order chi connectivity index (χ1) is 9.88. The highest BCUT2D eigenvalue weighted by Crippen LogP contribution is 2.34. The van der Waals surface area contributed by atoms with Gasteiger partial charge >= 0.3 is 6.18 Å². The van der Waals surface area contributed by atoms with Crippen LogP contribution in [0.3, 0.4) is 0 Å². The summed E-state index contributed by atoms with van der Waals surface area (Å²) in [7, 11) is 0. The van der Waals surface area contributed by atoms with Gasteiger partial charge in [-0.15, -0.1) is 0 Å². The minimum absolute atomic E-state index is 0.0606. The predicted octanol–water partition coefficient (Wildman–Crippen LogP) is 4.50. The Hall–Kier alpha value is -1.72. The van der Waals surface area contributed by atoms with Crippen LogP contribution in [0.1, 0.15) is 17.2 Å². The highest BCUT2D eigenvalue weighted by molar-refractivity contribution is 6.33. The van der Waals surface area contributed by atoms with Crippen molar-refractivity contribution in [1.29, 1.82) is 0 Å². The maximum Gasteiger partial charge on any atom is 0.416 e. The fourth-order valence-electron chi connectivity index (χ4n) is 1.84. The molecule has 0 bridgehead atoms. The highest BCUT2D eigenvalue weighted by atomic mass is 35.5. The Morgan fingerprint density at radius 3 is 2.38 bits per heavy atom. The van der Waals surface area contributed by atoms with Gasteiger partial charge < -0.3 is 10.4 Å². The van der Waals surface area contributed by atoms with E-state index in [1.807, 2.05) is 6.07 Å². The van der Waals surface area contributed by atoms with Crippen LogP contribution in [0.2, 0.25) is 5.02 Å². The van der Waals surface area contributed by atoms with E-state index in [9.17, 15) is 18.3 Å². The molecule has 0 aromatic heterocycles. The van der Waals surface area contributed by atoms with Crippen molar-refractivity contribution in [3.8, 4) is 0 Å². The van der Waals surface area contributed by atoms with Gasteiger partial charge in [0.1, 0.15) is 0 Å². The molecule has 1 unspecified atom stereocenters. The summed E-state index contributed by atoms with van der Waals surface area (Å²) in [4.78, 5) is 0. The van der Waals surface area contributed by atoms with E-state index >= 15 is 0 Å². The van der Waals surface area contributed by atoms with E-state index in [4.69, 9.17) is 11.6 Å². The average Bonchev–Trinajstić information content (AvgIpc) is 2.45. The van der Waals surface area contributed by atoms with Crippen LogP contribution in [0.4, 0.5) is 18.9 Å². The van der Waals surface area contributed by atoms with E-state index in [-0.39, 0.29) is 17.3 Å². The molecule has 0 radical (unpaired) electrons. The highest BCUT2D eigenvalue weighted by Gasteiger charge is 2.30. The Bertz CT molecular complexity index is 602. The molecular weight excluding hydrogens is 303 g/mol. The smallest absolute Gasteiger partial charge is 0.387 e. The Balaban J connectivity index is 2.09. The quantitative estimate of drug-likeness (QED) is 0.870. The molecule has 0 saturated carbocycles. The minimum Gasteiger partial charge on any atom is -0.387 e. The van der Waals surface area contributed by atoms with Crippen LogP contribution in [0.5, 0.6) is 0 Å². The Labute approximate surface area is 125 Å². The third-order valence-electron chi connectivity index (χ3n) is 2.96. The van der Waals surface area contributed by atoms with Gasteiger partial charge in [0, 0.05) is 6.54 Å². The van der Waals surface area contributed by atoms with E-state index in [2.05, 4.69) is 5.32 Å². The predicted molar refractivity (Wildman–Crippen MR) is 76.3 cm³/mol. The molecule has 6 heteroatoms. The topological polar surface area (TPSA) is 32.3 Å². The van der Waals surface area contributed by atoms with Crippen molar-refractivity contribution in [2.45, 2.75) is 12.3 Å². The zero-order valence-electron chi connectivity index (χ0n) is 10.9. The van der Waals surface area contributed by atoms with Crippen molar-refractivity contribution >= 4 is 17.3 Å². The molecule has 0 aliphatic carbocycles. The number of hydrogen-bond acceptors (Lipinski definition) is 2. The fourth-order valence-corrected chi connectivity index (χ4v) is 2.02. The molecule has 0 amide bonds. The lowest BCUT2D eigenvalue weighted by atomic mass is 10.1. The van der Waals surface area contributed by atoms with Gasteiger partial charge in [-0.25, -0.2) is 0 Å². The molecule has 0 spiro atoms. The summed E-state index contributed by atoms with van der Waals surface area (Å²) in [6.45, 7) is 0.0606. The first-order valence-electron chi connectivity index (χ1n) is 6.21. The molecule has 2 rings (SSSR count). The van der Waals surface area contributed by atoms with Crippen LogP contribution in [-0.4, -0.2) is 11.7 Å². The van der Waals surface area contributed by atoms with E-state index in [0.29, 0.717) is 5.56 Å². The molecule has 0 fully saturated rings. The van der Waals surface area contributed by atoms with Gasteiger partial charge in [-0.05, 0) is 23.8 Å². The van der Waals surface area contributed by atoms with Crippen LogP contribution in [0.15, 0.2) is 48.5 Å². The monoisotopic (exact) mass is 315 g/mol. The van der Waals surface area contributed by atoms with E-state index in [1.54, 1.807) is 24.3 Å². The third-order valence-corrected chi connectivity index (χ3v) is 3.29. The molecule has 0 aliphatic rings. The zero-order valence-corrected chi connectivity index (χ0v) is 11.6. The van der Waals surface area contributed by atoms with Crippen molar-refractivity contribution in [1.82, 2.24) is 0 Å². The number of rotatable bonds is 4. The maximum atomic E-state index is 12.6. The molecule has 0 aliphatic heterocycles. The molecular formula is C15H13ClF3NO. The number of benzene rings is 2. The zero-order chi connectivity index (χ0) is 15.5. The largest absolute Gasteiger partial charge is 0.416 e. The molecule has 0 heterocycles. The van der Waals surface area contributed by atoms with Crippen LogP contribution in [-0.2, 0) is 6.18 Å². The maximum absolute atomic E-state index is 12.6. The molecule has 112 valence electrons. The first-order valence-corrected chi connectivity index (χ1v) is 6.59. The summed E-state index contributed by atoms with van der Waals surface area (Å²) in [6.07, 6.45) is -5.27. The van der Waals surface area contributed by atoms with Gasteiger partial charge in [0.05, 0.1) is 22.4 Å². The summed E-state index contributed by atoms with van der Waals surface area (Å²) >= 11 is 5.86. The normalized spacial score (nSPS) is 13.0. The van der Waals surface area contributed by atoms with Crippen LogP contribution in [0, 0.1) is 0 Å². The molecule has 2 nitrogen and oxygen atoms in total. The van der Waals surface area contributed by atoms with Gasteiger partial charge in [-0.1, -0.05) is 41.9 Å². The van der Waals surface area contributed by atoms with Crippen molar-refractivity contribution in [2.24, 2.45) is 0 Å².